The van der Waals surface area contributed by atoms with Crippen LogP contribution in [0.3, 0.4) is 0 Å². The molecule has 0 rings (SSSR count). The van der Waals surface area contributed by atoms with E-state index < -0.39 is 24.0 Å². The third kappa shape index (κ3) is 3.33. The summed E-state index contributed by atoms with van der Waals surface area (Å²) in [6.45, 7) is 4.69. The Kier molecular flexibility index (Phi) is 4.56. The molecule has 0 aliphatic rings. The summed E-state index contributed by atoms with van der Waals surface area (Å²) in [5.74, 6) is -1.59. The summed E-state index contributed by atoms with van der Waals surface area (Å²) < 4.78 is 0. The van der Waals surface area contributed by atoms with Crippen molar-refractivity contribution in [3.63, 3.8) is 0 Å². The minimum absolute atomic E-state index is 0.360. The van der Waals surface area contributed by atoms with Gasteiger partial charge in [-0.25, -0.2) is 4.79 Å². The molecule has 0 fully saturated rings. The van der Waals surface area contributed by atoms with Crippen LogP contribution in [0.1, 0.15) is 27.2 Å². The van der Waals surface area contributed by atoms with Crippen LogP contribution in [-0.4, -0.2) is 34.7 Å². The van der Waals surface area contributed by atoms with Gasteiger partial charge in [-0.15, -0.1) is 0 Å². The highest BCUT2D eigenvalue weighted by atomic mass is 16.4. The van der Waals surface area contributed by atoms with E-state index in [4.69, 9.17) is 10.2 Å². The smallest absolute Gasteiger partial charge is 0.328 e. The van der Waals surface area contributed by atoms with Crippen molar-refractivity contribution in [2.75, 3.05) is 6.61 Å². The number of carbonyl (C=O) groups is 2. The van der Waals surface area contributed by atoms with E-state index in [-0.39, 0.29) is 5.91 Å². The molecule has 0 spiro atoms. The summed E-state index contributed by atoms with van der Waals surface area (Å²) in [4.78, 5) is 22.0. The number of rotatable bonds is 5. The number of nitrogens with one attached hydrogen (secondary N) is 1. The van der Waals surface area contributed by atoms with Gasteiger partial charge in [-0.3, -0.25) is 4.79 Å². The molecule has 0 unspecified atom stereocenters. The predicted octanol–water partition coefficient (Wildman–Crippen LogP) is -0.0157. The Morgan fingerprint density at radius 1 is 1.43 bits per heavy atom. The van der Waals surface area contributed by atoms with Crippen LogP contribution in [-0.2, 0) is 9.59 Å². The summed E-state index contributed by atoms with van der Waals surface area (Å²) in [7, 11) is 0. The molecule has 0 bridgehead atoms. The third-order valence-corrected chi connectivity index (χ3v) is 2.28. The molecule has 1 atom stereocenters. The first-order valence-corrected chi connectivity index (χ1v) is 4.49. The normalized spacial score (nSPS) is 13.4. The number of hydrogen-bond donors (Lipinski definition) is 3. The lowest BCUT2D eigenvalue weighted by Gasteiger charge is -2.23. The molecule has 0 heterocycles. The number of aliphatic hydroxyl groups excluding tert-OH is 1. The highest BCUT2D eigenvalue weighted by Crippen LogP contribution is 2.19. The lowest BCUT2D eigenvalue weighted by molar-refractivity contribution is -0.144. The molecule has 0 aliphatic carbocycles. The molecule has 0 aromatic heterocycles. The van der Waals surface area contributed by atoms with Crippen LogP contribution in [0, 0.1) is 5.41 Å². The number of carbonyl (C=O) groups excluding carboxylic acids is 1. The van der Waals surface area contributed by atoms with Gasteiger partial charge in [0.1, 0.15) is 6.04 Å². The van der Waals surface area contributed by atoms with E-state index in [1.165, 1.54) is 0 Å². The van der Waals surface area contributed by atoms with Gasteiger partial charge in [0.25, 0.3) is 0 Å². The Balaban J connectivity index is 4.37. The third-order valence-electron chi connectivity index (χ3n) is 2.28. The van der Waals surface area contributed by atoms with E-state index in [0.717, 1.165) is 0 Å². The van der Waals surface area contributed by atoms with Crippen molar-refractivity contribution in [2.24, 2.45) is 5.41 Å². The second-order valence-electron chi connectivity index (χ2n) is 3.78. The van der Waals surface area contributed by atoms with Crippen molar-refractivity contribution in [2.45, 2.75) is 33.2 Å². The Morgan fingerprint density at radius 3 is 2.21 bits per heavy atom. The second kappa shape index (κ2) is 4.95. The van der Waals surface area contributed by atoms with Crippen LogP contribution in [0.25, 0.3) is 0 Å². The van der Waals surface area contributed by atoms with E-state index in [9.17, 15) is 9.59 Å². The van der Waals surface area contributed by atoms with E-state index in [1.807, 2.05) is 6.92 Å². The largest absolute Gasteiger partial charge is 0.480 e. The fraction of sp³-hybridized carbons (Fsp3) is 0.778. The first-order chi connectivity index (χ1) is 6.35. The first kappa shape index (κ1) is 12.9. The quantitative estimate of drug-likeness (QED) is 0.586. The first-order valence-electron chi connectivity index (χ1n) is 4.49. The van der Waals surface area contributed by atoms with Gasteiger partial charge in [0.2, 0.25) is 5.91 Å². The monoisotopic (exact) mass is 203 g/mol. The van der Waals surface area contributed by atoms with Gasteiger partial charge < -0.3 is 15.5 Å². The molecule has 3 N–H and O–H groups in total. The molecular weight excluding hydrogens is 186 g/mol. The number of carboxylic acids is 1. The lowest BCUT2D eigenvalue weighted by Crippen LogP contribution is -2.48. The summed E-state index contributed by atoms with van der Waals surface area (Å²) in [6.07, 6.45) is 0.608. The topological polar surface area (TPSA) is 86.6 Å². The second-order valence-corrected chi connectivity index (χ2v) is 3.78. The van der Waals surface area contributed by atoms with Gasteiger partial charge in [0, 0.05) is 5.41 Å². The highest BCUT2D eigenvalue weighted by Gasteiger charge is 2.29. The zero-order valence-corrected chi connectivity index (χ0v) is 8.70. The summed E-state index contributed by atoms with van der Waals surface area (Å²) in [5.41, 5.74) is -0.608. The summed E-state index contributed by atoms with van der Waals surface area (Å²) >= 11 is 0. The Labute approximate surface area is 83.1 Å². The van der Waals surface area contributed by atoms with Gasteiger partial charge in [-0.2, -0.15) is 0 Å². The average molecular weight is 203 g/mol. The fourth-order valence-corrected chi connectivity index (χ4v) is 0.700. The number of aliphatic carboxylic acids is 1. The van der Waals surface area contributed by atoms with Crippen molar-refractivity contribution < 1.29 is 19.8 Å². The van der Waals surface area contributed by atoms with Crippen molar-refractivity contribution in [3.05, 3.63) is 0 Å². The Bertz CT molecular complexity index is 225. The van der Waals surface area contributed by atoms with Crippen molar-refractivity contribution in [1.29, 1.82) is 0 Å². The Morgan fingerprint density at radius 2 is 1.93 bits per heavy atom. The van der Waals surface area contributed by atoms with Crippen molar-refractivity contribution in [1.82, 2.24) is 5.32 Å². The maximum absolute atomic E-state index is 11.5. The van der Waals surface area contributed by atoms with Gasteiger partial charge in [-0.1, -0.05) is 20.8 Å². The van der Waals surface area contributed by atoms with Gasteiger partial charge in [-0.05, 0) is 6.42 Å². The number of hydrogen-bond acceptors (Lipinski definition) is 3. The van der Waals surface area contributed by atoms with Crippen LogP contribution in [0.2, 0.25) is 0 Å². The van der Waals surface area contributed by atoms with E-state index in [2.05, 4.69) is 5.32 Å². The number of amides is 1. The maximum Gasteiger partial charge on any atom is 0.328 e. The molecule has 0 radical (unpaired) electrons. The molecule has 0 saturated carbocycles. The zero-order chi connectivity index (χ0) is 11.4. The molecule has 5 heteroatoms. The van der Waals surface area contributed by atoms with Gasteiger partial charge in [0.05, 0.1) is 6.61 Å². The summed E-state index contributed by atoms with van der Waals surface area (Å²) in [5, 5.41) is 19.5. The molecule has 14 heavy (non-hydrogen) atoms. The molecule has 5 nitrogen and oxygen atoms in total. The SMILES string of the molecule is CCC(C)(C)C(=O)N[C@H](CO)C(=O)O. The molecule has 0 aromatic rings. The molecular formula is C9H17NO4. The number of aliphatic hydroxyl groups is 1. The van der Waals surface area contributed by atoms with Crippen LogP contribution >= 0.6 is 0 Å². The minimum Gasteiger partial charge on any atom is -0.480 e. The van der Waals surface area contributed by atoms with Gasteiger partial charge >= 0.3 is 5.97 Å². The average Bonchev–Trinajstić information content (AvgIpc) is 2.12. The number of carboxylic acid groups (broad SMARTS) is 1. The van der Waals surface area contributed by atoms with E-state index >= 15 is 0 Å². The molecule has 1 amide bonds. The Hall–Kier alpha value is -1.10. The molecule has 0 aromatic carbocycles. The van der Waals surface area contributed by atoms with E-state index in [1.54, 1.807) is 13.8 Å². The van der Waals surface area contributed by atoms with Crippen LogP contribution in [0.5, 0.6) is 0 Å². The fourth-order valence-electron chi connectivity index (χ4n) is 0.700. The van der Waals surface area contributed by atoms with Crippen molar-refractivity contribution in [3.8, 4) is 0 Å². The lowest BCUT2D eigenvalue weighted by atomic mass is 9.89. The van der Waals surface area contributed by atoms with Crippen LogP contribution in [0.15, 0.2) is 0 Å². The van der Waals surface area contributed by atoms with E-state index in [0.29, 0.717) is 6.42 Å². The predicted molar refractivity (Wildman–Crippen MR) is 50.7 cm³/mol. The van der Waals surface area contributed by atoms with Crippen LogP contribution in [0.4, 0.5) is 0 Å². The minimum atomic E-state index is -1.23. The molecule has 82 valence electrons. The molecule has 0 aliphatic heterocycles. The van der Waals surface area contributed by atoms with Crippen LogP contribution < -0.4 is 5.32 Å². The zero-order valence-electron chi connectivity index (χ0n) is 8.70. The summed E-state index contributed by atoms with van der Waals surface area (Å²) in [6, 6.07) is -1.21. The van der Waals surface area contributed by atoms with Gasteiger partial charge in [0.15, 0.2) is 0 Å². The highest BCUT2D eigenvalue weighted by molar-refractivity contribution is 5.86. The maximum atomic E-state index is 11.5. The molecule has 0 saturated heterocycles. The standard InChI is InChI=1S/C9H17NO4/c1-4-9(2,3)8(14)10-6(5-11)7(12)13/h6,11H,4-5H2,1-3H3,(H,10,14)(H,12,13)/t6-/m1/s1. The van der Waals surface area contributed by atoms with Crippen molar-refractivity contribution >= 4 is 11.9 Å².